The first kappa shape index (κ1) is 17.9. The molecular weight excluding hydrogens is 415 g/mol. The van der Waals surface area contributed by atoms with Crippen molar-refractivity contribution in [3.05, 3.63) is 58.6 Å². The Morgan fingerprint density at radius 1 is 1.00 bits per heavy atom. The summed E-state index contributed by atoms with van der Waals surface area (Å²) in [5.41, 5.74) is 5.04. The fourth-order valence-corrected chi connectivity index (χ4v) is 3.63. The van der Waals surface area contributed by atoms with E-state index in [0.29, 0.717) is 0 Å². The maximum atomic E-state index is 2.25. The summed E-state index contributed by atoms with van der Waals surface area (Å²) in [6.07, 6.45) is 4.38. The van der Waals surface area contributed by atoms with Crippen LogP contribution < -0.4 is 33.4 Å². The van der Waals surface area contributed by atoms with E-state index >= 15 is 0 Å². The highest BCUT2D eigenvalue weighted by Crippen LogP contribution is 2.23. The molecule has 0 fully saturated rings. The quantitative estimate of drug-likeness (QED) is 0.443. The van der Waals surface area contributed by atoms with E-state index in [1.54, 1.807) is 0 Å². The van der Waals surface area contributed by atoms with E-state index in [0.717, 1.165) is 0 Å². The molecule has 2 aromatic carbocycles. The second-order valence-electron chi connectivity index (χ2n) is 5.79. The average molecular weight is 436 g/mol. The number of hydrogen-bond acceptors (Lipinski definition) is 2. The van der Waals surface area contributed by atoms with Gasteiger partial charge in [0.05, 0.1) is 0 Å². The number of nitrogens with zero attached hydrogens (tertiary/aromatic N) is 2. The number of anilines is 1. The Balaban J connectivity index is 0.00000192. The Labute approximate surface area is 159 Å². The maximum absolute atomic E-state index is 2.25. The average Bonchev–Trinajstić information content (AvgIpc) is 2.81. The van der Waals surface area contributed by atoms with Crippen molar-refractivity contribution in [3.8, 4) is 0 Å². The molecule has 0 aliphatic rings. The van der Waals surface area contributed by atoms with Gasteiger partial charge in [0, 0.05) is 31.9 Å². The first-order chi connectivity index (χ1) is 10.5. The van der Waals surface area contributed by atoms with Crippen molar-refractivity contribution in [1.82, 2.24) is 0 Å². The first-order valence-electron chi connectivity index (χ1n) is 7.39. The molecular formula is C19H21IN2S. The van der Waals surface area contributed by atoms with E-state index in [-0.39, 0.29) is 24.0 Å². The third kappa shape index (κ3) is 3.93. The molecule has 4 heteroatoms. The SMILES string of the molecule is Cc1ccc2c(c1)sc(/C=C/c1ccc(N(C)C)cc1)[n+]2C.[I-]. The first-order valence-corrected chi connectivity index (χ1v) is 8.21. The Kier molecular flexibility index (Phi) is 5.81. The normalized spacial score (nSPS) is 11.0. The van der Waals surface area contributed by atoms with E-state index < -0.39 is 0 Å². The van der Waals surface area contributed by atoms with Gasteiger partial charge >= 0.3 is 0 Å². The summed E-state index contributed by atoms with van der Waals surface area (Å²) in [7, 11) is 6.25. The highest BCUT2D eigenvalue weighted by atomic mass is 127. The molecule has 0 spiro atoms. The zero-order valence-corrected chi connectivity index (χ0v) is 16.9. The van der Waals surface area contributed by atoms with Crippen LogP contribution in [-0.2, 0) is 7.05 Å². The largest absolute Gasteiger partial charge is 1.00 e. The molecule has 1 aromatic heterocycles. The van der Waals surface area contributed by atoms with Crippen LogP contribution >= 0.6 is 11.3 Å². The summed E-state index contributed by atoms with van der Waals surface area (Å²) in [4.78, 5) is 2.11. The summed E-state index contributed by atoms with van der Waals surface area (Å²) >= 11 is 1.83. The predicted molar refractivity (Wildman–Crippen MR) is 97.4 cm³/mol. The van der Waals surface area contributed by atoms with Gasteiger partial charge in [-0.15, -0.1) is 0 Å². The number of benzene rings is 2. The third-order valence-corrected chi connectivity index (χ3v) is 5.02. The van der Waals surface area contributed by atoms with E-state index in [1.807, 2.05) is 11.3 Å². The van der Waals surface area contributed by atoms with Crippen molar-refractivity contribution in [2.75, 3.05) is 19.0 Å². The third-order valence-electron chi connectivity index (χ3n) is 3.85. The summed E-state index contributed by atoms with van der Waals surface area (Å²) in [5, 5.41) is 1.26. The molecule has 2 nitrogen and oxygen atoms in total. The highest BCUT2D eigenvalue weighted by molar-refractivity contribution is 7.18. The van der Waals surface area contributed by atoms with Crippen molar-refractivity contribution in [3.63, 3.8) is 0 Å². The lowest BCUT2D eigenvalue weighted by Gasteiger charge is -2.11. The fourth-order valence-electron chi connectivity index (χ4n) is 2.48. The molecule has 0 unspecified atom stereocenters. The number of halogens is 1. The molecule has 0 aliphatic heterocycles. The van der Waals surface area contributed by atoms with Crippen LogP contribution in [0.25, 0.3) is 22.4 Å². The fraction of sp³-hybridized carbons (Fsp3) is 0.211. The van der Waals surface area contributed by atoms with Gasteiger partial charge < -0.3 is 28.9 Å². The van der Waals surface area contributed by atoms with Crippen LogP contribution in [0.4, 0.5) is 5.69 Å². The van der Waals surface area contributed by atoms with Crippen LogP contribution in [-0.4, -0.2) is 14.1 Å². The van der Waals surface area contributed by atoms with Gasteiger partial charge in [0.2, 0.25) is 5.52 Å². The number of rotatable bonds is 3. The molecule has 0 radical (unpaired) electrons. The zero-order chi connectivity index (χ0) is 15.7. The van der Waals surface area contributed by atoms with Crippen LogP contribution in [0.3, 0.4) is 0 Å². The lowest BCUT2D eigenvalue weighted by Crippen LogP contribution is -3.00. The monoisotopic (exact) mass is 436 g/mol. The minimum atomic E-state index is 0. The van der Waals surface area contributed by atoms with Crippen molar-refractivity contribution < 1.29 is 28.5 Å². The van der Waals surface area contributed by atoms with Gasteiger partial charge in [-0.1, -0.05) is 29.5 Å². The van der Waals surface area contributed by atoms with Crippen molar-refractivity contribution in [2.45, 2.75) is 6.92 Å². The molecule has 0 bridgehead atoms. The Hall–Kier alpha value is -1.40. The van der Waals surface area contributed by atoms with Gasteiger partial charge in [-0.3, -0.25) is 0 Å². The van der Waals surface area contributed by atoms with E-state index in [4.69, 9.17) is 0 Å². The highest BCUT2D eigenvalue weighted by Gasteiger charge is 2.14. The molecule has 0 atom stereocenters. The molecule has 23 heavy (non-hydrogen) atoms. The molecule has 0 saturated carbocycles. The second-order valence-corrected chi connectivity index (χ2v) is 6.85. The summed E-state index contributed by atoms with van der Waals surface area (Å²) in [6, 6.07) is 15.2. The second kappa shape index (κ2) is 7.45. The lowest BCUT2D eigenvalue weighted by molar-refractivity contribution is -0.642. The van der Waals surface area contributed by atoms with Gasteiger partial charge in [0.15, 0.2) is 0 Å². The van der Waals surface area contributed by atoms with Crippen molar-refractivity contribution >= 4 is 39.4 Å². The number of hydrogen-bond donors (Lipinski definition) is 0. The molecule has 3 rings (SSSR count). The Bertz CT molecular complexity index is 832. The van der Waals surface area contributed by atoms with Crippen molar-refractivity contribution in [1.29, 1.82) is 0 Å². The molecule has 0 aliphatic carbocycles. The van der Waals surface area contributed by atoms with Gasteiger partial charge in [-0.2, -0.15) is 4.57 Å². The maximum Gasteiger partial charge on any atom is 0.262 e. The van der Waals surface area contributed by atoms with E-state index in [9.17, 15) is 0 Å². The van der Waals surface area contributed by atoms with E-state index in [1.165, 1.54) is 32.0 Å². The minimum absolute atomic E-state index is 0. The van der Waals surface area contributed by atoms with Gasteiger partial charge in [0.25, 0.3) is 5.01 Å². The van der Waals surface area contributed by atoms with Crippen LogP contribution in [0.1, 0.15) is 16.1 Å². The van der Waals surface area contributed by atoms with Gasteiger partial charge in [-0.25, -0.2) is 0 Å². The lowest BCUT2D eigenvalue weighted by atomic mass is 10.2. The number of aromatic nitrogens is 1. The van der Waals surface area contributed by atoms with Gasteiger partial charge in [-0.05, 0) is 42.3 Å². The standard InChI is InChI=1S/C19H21N2S.HI/c1-14-5-11-17-18(13-14)22-19(21(17)4)12-8-15-6-9-16(10-7-15)20(2)3;/h5-13H,1-4H3;1H/q+1;/p-1. The van der Waals surface area contributed by atoms with Crippen LogP contribution in [0, 0.1) is 6.92 Å². The predicted octanol–water partition coefficient (Wildman–Crippen LogP) is 1.27. The molecule has 0 N–H and O–H groups in total. The molecule has 0 saturated heterocycles. The number of fused-ring (bicyclic) bond motifs is 1. The summed E-state index contributed by atoms with van der Waals surface area (Å²) < 4.78 is 3.59. The molecule has 120 valence electrons. The Morgan fingerprint density at radius 2 is 1.70 bits per heavy atom. The zero-order valence-electron chi connectivity index (χ0n) is 13.9. The topological polar surface area (TPSA) is 7.12 Å². The molecule has 3 aromatic rings. The van der Waals surface area contributed by atoms with Crippen LogP contribution in [0.15, 0.2) is 42.5 Å². The summed E-state index contributed by atoms with van der Waals surface area (Å²) in [5.74, 6) is 0. The van der Waals surface area contributed by atoms with Crippen LogP contribution in [0.5, 0.6) is 0 Å². The molecule has 1 heterocycles. The number of thiazole rings is 1. The van der Waals surface area contributed by atoms with Crippen LogP contribution in [0.2, 0.25) is 0 Å². The van der Waals surface area contributed by atoms with Crippen molar-refractivity contribution in [2.24, 2.45) is 7.05 Å². The minimum Gasteiger partial charge on any atom is -1.00 e. The van der Waals surface area contributed by atoms with Gasteiger partial charge in [0.1, 0.15) is 11.7 Å². The summed E-state index contributed by atoms with van der Waals surface area (Å²) in [6.45, 7) is 2.14. The van der Waals surface area contributed by atoms with E-state index in [2.05, 4.69) is 92.2 Å². The number of aryl methyl sites for hydroxylation is 2. The Morgan fingerprint density at radius 3 is 2.35 bits per heavy atom. The smallest absolute Gasteiger partial charge is 0.262 e. The molecule has 0 amide bonds.